The van der Waals surface area contributed by atoms with Crippen molar-refractivity contribution >= 4 is 51.5 Å². The summed E-state index contributed by atoms with van der Waals surface area (Å²) in [6.07, 6.45) is 1.80. The molecule has 174 valence electrons. The van der Waals surface area contributed by atoms with Crippen LogP contribution in [0.15, 0.2) is 52.9 Å². The molecule has 10 heteroatoms. The number of nitrogens with one attached hydrogen (secondary N) is 2. The minimum Gasteiger partial charge on any atom is -0.492 e. The SMILES string of the molecule is CCCCOC(=O)c1ccc(NC(=O)CSc2nnc(Nc3ccccc3OCC)s2)cc1. The van der Waals surface area contributed by atoms with E-state index in [1.165, 1.54) is 23.1 Å². The summed E-state index contributed by atoms with van der Waals surface area (Å²) < 4.78 is 11.5. The number of unbranched alkanes of at least 4 members (excludes halogenated alkanes) is 1. The molecule has 2 aromatic carbocycles. The fourth-order valence-corrected chi connectivity index (χ4v) is 4.26. The molecular formula is C23H26N4O4S2. The Balaban J connectivity index is 1.47. The monoisotopic (exact) mass is 486 g/mol. The van der Waals surface area contributed by atoms with Crippen molar-refractivity contribution in [1.29, 1.82) is 0 Å². The molecular weight excluding hydrogens is 460 g/mol. The number of nitrogens with zero attached hydrogens (tertiary/aromatic N) is 2. The first kappa shape index (κ1) is 24.5. The quantitative estimate of drug-likeness (QED) is 0.200. The van der Waals surface area contributed by atoms with Crippen LogP contribution < -0.4 is 15.4 Å². The summed E-state index contributed by atoms with van der Waals surface area (Å²) in [6, 6.07) is 14.2. The highest BCUT2D eigenvalue weighted by molar-refractivity contribution is 8.01. The number of aromatic nitrogens is 2. The van der Waals surface area contributed by atoms with Crippen molar-refractivity contribution in [3.8, 4) is 5.75 Å². The van der Waals surface area contributed by atoms with E-state index in [1.54, 1.807) is 24.3 Å². The third-order valence-corrected chi connectivity index (χ3v) is 6.27. The molecule has 0 spiro atoms. The predicted molar refractivity (Wildman–Crippen MR) is 132 cm³/mol. The molecule has 0 aliphatic carbocycles. The molecule has 3 rings (SSSR count). The summed E-state index contributed by atoms with van der Waals surface area (Å²) >= 11 is 2.66. The lowest BCUT2D eigenvalue weighted by Gasteiger charge is -2.09. The first-order chi connectivity index (χ1) is 16.1. The fourth-order valence-electron chi connectivity index (χ4n) is 2.69. The molecule has 33 heavy (non-hydrogen) atoms. The number of amides is 1. The van der Waals surface area contributed by atoms with E-state index in [0.717, 1.165) is 24.3 Å². The van der Waals surface area contributed by atoms with Crippen LogP contribution in [0.4, 0.5) is 16.5 Å². The second-order valence-corrected chi connectivity index (χ2v) is 9.03. The number of hydrogen-bond acceptors (Lipinski definition) is 9. The van der Waals surface area contributed by atoms with Crippen LogP contribution in [0.5, 0.6) is 5.75 Å². The van der Waals surface area contributed by atoms with Crippen LogP contribution in [0.2, 0.25) is 0 Å². The van der Waals surface area contributed by atoms with Crippen LogP contribution in [-0.2, 0) is 9.53 Å². The van der Waals surface area contributed by atoms with E-state index < -0.39 is 0 Å². The minimum absolute atomic E-state index is 0.176. The third-order valence-electron chi connectivity index (χ3n) is 4.30. The molecule has 0 saturated heterocycles. The average Bonchev–Trinajstić information content (AvgIpc) is 3.27. The van der Waals surface area contributed by atoms with Crippen molar-refractivity contribution in [2.75, 3.05) is 29.6 Å². The zero-order valence-corrected chi connectivity index (χ0v) is 20.1. The lowest BCUT2D eigenvalue weighted by molar-refractivity contribution is -0.113. The highest BCUT2D eigenvalue weighted by atomic mass is 32.2. The zero-order valence-electron chi connectivity index (χ0n) is 18.5. The lowest BCUT2D eigenvalue weighted by atomic mass is 10.2. The van der Waals surface area contributed by atoms with Crippen LogP contribution >= 0.6 is 23.1 Å². The number of esters is 1. The van der Waals surface area contributed by atoms with Crippen molar-refractivity contribution in [3.05, 3.63) is 54.1 Å². The Labute approximate surface area is 201 Å². The van der Waals surface area contributed by atoms with Gasteiger partial charge in [0.2, 0.25) is 11.0 Å². The molecule has 0 fully saturated rings. The number of thioether (sulfide) groups is 1. The van der Waals surface area contributed by atoms with Gasteiger partial charge in [-0.05, 0) is 49.7 Å². The van der Waals surface area contributed by atoms with Crippen molar-refractivity contribution in [1.82, 2.24) is 10.2 Å². The normalized spacial score (nSPS) is 10.5. The molecule has 0 atom stereocenters. The van der Waals surface area contributed by atoms with E-state index in [0.29, 0.717) is 33.9 Å². The van der Waals surface area contributed by atoms with Gasteiger partial charge in [0.25, 0.3) is 0 Å². The molecule has 0 bridgehead atoms. The minimum atomic E-state index is -0.360. The molecule has 1 heterocycles. The van der Waals surface area contributed by atoms with Gasteiger partial charge in [0, 0.05) is 5.69 Å². The maximum absolute atomic E-state index is 12.3. The Kier molecular flexibility index (Phi) is 9.52. The van der Waals surface area contributed by atoms with Crippen molar-refractivity contribution in [3.63, 3.8) is 0 Å². The summed E-state index contributed by atoms with van der Waals surface area (Å²) in [7, 11) is 0. The Morgan fingerprint density at radius 1 is 1.06 bits per heavy atom. The molecule has 2 N–H and O–H groups in total. The number of carbonyl (C=O) groups excluding carboxylic acids is 2. The van der Waals surface area contributed by atoms with Gasteiger partial charge >= 0.3 is 5.97 Å². The first-order valence-electron chi connectivity index (χ1n) is 10.6. The van der Waals surface area contributed by atoms with E-state index in [9.17, 15) is 9.59 Å². The number of rotatable bonds is 12. The second kappa shape index (κ2) is 12.8. The molecule has 1 amide bonds. The highest BCUT2D eigenvalue weighted by Crippen LogP contribution is 2.31. The molecule has 0 saturated carbocycles. The number of ether oxygens (including phenoxy) is 2. The Morgan fingerprint density at radius 3 is 2.61 bits per heavy atom. The van der Waals surface area contributed by atoms with Gasteiger partial charge in [0.1, 0.15) is 5.75 Å². The summed E-state index contributed by atoms with van der Waals surface area (Å²) in [5, 5.41) is 14.9. The number of carbonyl (C=O) groups is 2. The van der Waals surface area contributed by atoms with Gasteiger partial charge < -0.3 is 20.1 Å². The van der Waals surface area contributed by atoms with Crippen LogP contribution in [0.3, 0.4) is 0 Å². The topological polar surface area (TPSA) is 102 Å². The molecule has 1 aromatic heterocycles. The van der Waals surface area contributed by atoms with Gasteiger partial charge in [-0.1, -0.05) is 48.6 Å². The van der Waals surface area contributed by atoms with E-state index >= 15 is 0 Å². The maximum atomic E-state index is 12.3. The van der Waals surface area contributed by atoms with Gasteiger partial charge in [0.05, 0.1) is 30.2 Å². The number of anilines is 3. The smallest absolute Gasteiger partial charge is 0.338 e. The average molecular weight is 487 g/mol. The molecule has 0 unspecified atom stereocenters. The Morgan fingerprint density at radius 2 is 1.85 bits per heavy atom. The van der Waals surface area contributed by atoms with Crippen LogP contribution in [0.25, 0.3) is 0 Å². The van der Waals surface area contributed by atoms with Crippen molar-refractivity contribution < 1.29 is 19.1 Å². The first-order valence-corrected chi connectivity index (χ1v) is 12.4. The molecule has 0 aliphatic heterocycles. The van der Waals surface area contributed by atoms with E-state index in [4.69, 9.17) is 9.47 Å². The van der Waals surface area contributed by atoms with Gasteiger partial charge in [-0.25, -0.2) is 4.79 Å². The molecule has 8 nitrogen and oxygen atoms in total. The standard InChI is InChI=1S/C23H26N4O4S2/c1-3-5-14-31-21(29)16-10-12-17(13-11-16)24-20(28)15-32-23-27-26-22(33-23)25-18-8-6-7-9-19(18)30-4-2/h6-13H,3-5,14-15H2,1-2H3,(H,24,28)(H,25,26). The molecule has 3 aromatic rings. The summed E-state index contributed by atoms with van der Waals surface area (Å²) in [5.74, 6) is 0.389. The van der Waals surface area contributed by atoms with E-state index in [-0.39, 0.29) is 17.6 Å². The summed E-state index contributed by atoms with van der Waals surface area (Å²) in [5.41, 5.74) is 1.87. The highest BCUT2D eigenvalue weighted by Gasteiger charge is 2.11. The van der Waals surface area contributed by atoms with E-state index in [2.05, 4.69) is 20.8 Å². The second-order valence-electron chi connectivity index (χ2n) is 6.83. The lowest BCUT2D eigenvalue weighted by Crippen LogP contribution is -2.14. The summed E-state index contributed by atoms with van der Waals surface area (Å²) in [6.45, 7) is 4.94. The zero-order chi connectivity index (χ0) is 23.5. The van der Waals surface area contributed by atoms with Crippen molar-refractivity contribution in [2.45, 2.75) is 31.0 Å². The molecule has 0 aliphatic rings. The van der Waals surface area contributed by atoms with Gasteiger partial charge in [-0.15, -0.1) is 10.2 Å². The number of benzene rings is 2. The van der Waals surface area contributed by atoms with Crippen LogP contribution in [-0.4, -0.2) is 41.0 Å². The Bertz CT molecular complexity index is 1060. The fraction of sp³-hybridized carbons (Fsp3) is 0.304. The van der Waals surface area contributed by atoms with Crippen molar-refractivity contribution in [2.24, 2.45) is 0 Å². The molecule has 0 radical (unpaired) electrons. The van der Waals surface area contributed by atoms with Gasteiger partial charge in [-0.3, -0.25) is 4.79 Å². The van der Waals surface area contributed by atoms with Crippen LogP contribution in [0.1, 0.15) is 37.0 Å². The third kappa shape index (κ3) is 7.76. The van der Waals surface area contributed by atoms with E-state index in [1.807, 2.05) is 38.1 Å². The Hall–Kier alpha value is -3.11. The summed E-state index contributed by atoms with van der Waals surface area (Å²) in [4.78, 5) is 24.2. The predicted octanol–water partition coefficient (Wildman–Crippen LogP) is 5.37. The maximum Gasteiger partial charge on any atom is 0.338 e. The van der Waals surface area contributed by atoms with Crippen LogP contribution in [0, 0.1) is 0 Å². The van der Waals surface area contributed by atoms with Gasteiger partial charge in [0.15, 0.2) is 4.34 Å². The largest absolute Gasteiger partial charge is 0.492 e. The van der Waals surface area contributed by atoms with Gasteiger partial charge in [-0.2, -0.15) is 0 Å². The number of hydrogen-bond donors (Lipinski definition) is 2. The number of para-hydroxylation sites is 2.